The number of anilines is 2. The van der Waals surface area contributed by atoms with E-state index in [1.54, 1.807) is 0 Å². The highest BCUT2D eigenvalue weighted by Gasteiger charge is 2.19. The molecule has 108 valence electrons. The van der Waals surface area contributed by atoms with E-state index in [1.165, 1.54) is 0 Å². The normalized spacial score (nSPS) is 13.2. The maximum atomic E-state index is 4.49. The zero-order valence-corrected chi connectivity index (χ0v) is 13.2. The Bertz CT molecular complexity index is 396. The molecule has 2 N–H and O–H groups in total. The van der Waals surface area contributed by atoms with Crippen molar-refractivity contribution in [2.45, 2.75) is 48.0 Å². The highest BCUT2D eigenvalue weighted by Crippen LogP contribution is 2.25. The van der Waals surface area contributed by atoms with E-state index in [-0.39, 0.29) is 0 Å². The van der Waals surface area contributed by atoms with E-state index in [0.717, 1.165) is 31.0 Å². The van der Waals surface area contributed by atoms with Crippen molar-refractivity contribution in [2.24, 2.45) is 11.3 Å². The lowest BCUT2D eigenvalue weighted by Crippen LogP contribution is -2.25. The van der Waals surface area contributed by atoms with Gasteiger partial charge in [-0.3, -0.25) is 0 Å². The summed E-state index contributed by atoms with van der Waals surface area (Å²) in [4.78, 5) is 8.88. The highest BCUT2D eigenvalue weighted by atomic mass is 15.1. The molecule has 4 nitrogen and oxygen atoms in total. The maximum Gasteiger partial charge on any atom is 0.224 e. The summed E-state index contributed by atoms with van der Waals surface area (Å²) in [6.45, 7) is 15.0. The predicted molar refractivity (Wildman–Crippen MR) is 82.7 cm³/mol. The minimum Gasteiger partial charge on any atom is -0.370 e. The van der Waals surface area contributed by atoms with Gasteiger partial charge < -0.3 is 10.6 Å². The first kappa shape index (κ1) is 15.7. The lowest BCUT2D eigenvalue weighted by atomic mass is 9.82. The molecule has 1 aromatic rings. The molecule has 0 aliphatic heterocycles. The molecule has 0 bridgehead atoms. The molecule has 1 aromatic heterocycles. The van der Waals surface area contributed by atoms with Crippen LogP contribution in [0.4, 0.5) is 11.8 Å². The second kappa shape index (κ2) is 6.73. The molecule has 1 heterocycles. The summed E-state index contributed by atoms with van der Waals surface area (Å²) in [6.07, 6.45) is 1.07. The Morgan fingerprint density at radius 3 is 2.47 bits per heavy atom. The molecule has 1 rings (SSSR count). The molecule has 0 saturated carbocycles. The van der Waals surface area contributed by atoms with Gasteiger partial charge in [0.1, 0.15) is 5.82 Å². The van der Waals surface area contributed by atoms with Crippen molar-refractivity contribution in [1.82, 2.24) is 9.97 Å². The van der Waals surface area contributed by atoms with Crippen molar-refractivity contribution >= 4 is 11.8 Å². The number of nitrogens with zero attached hydrogens (tertiary/aromatic N) is 2. The molecule has 1 unspecified atom stereocenters. The van der Waals surface area contributed by atoms with Gasteiger partial charge in [-0.25, -0.2) is 4.98 Å². The minimum atomic E-state index is 0.304. The number of hydrogen-bond acceptors (Lipinski definition) is 4. The van der Waals surface area contributed by atoms with Crippen LogP contribution in [-0.4, -0.2) is 23.1 Å². The van der Waals surface area contributed by atoms with Crippen molar-refractivity contribution in [3.63, 3.8) is 0 Å². The monoisotopic (exact) mass is 264 g/mol. The van der Waals surface area contributed by atoms with Gasteiger partial charge in [-0.2, -0.15) is 4.98 Å². The summed E-state index contributed by atoms with van der Waals surface area (Å²) in [5.74, 6) is 2.20. The number of rotatable bonds is 6. The van der Waals surface area contributed by atoms with E-state index in [0.29, 0.717) is 17.3 Å². The van der Waals surface area contributed by atoms with Gasteiger partial charge in [0.05, 0.1) is 0 Å². The summed E-state index contributed by atoms with van der Waals surface area (Å²) in [5, 5.41) is 6.65. The second-order valence-corrected chi connectivity index (χ2v) is 6.29. The number of nitrogens with one attached hydrogen (secondary N) is 2. The largest absolute Gasteiger partial charge is 0.370 e. The van der Waals surface area contributed by atoms with Gasteiger partial charge in [0, 0.05) is 24.8 Å². The molecule has 19 heavy (non-hydrogen) atoms. The first-order valence-electron chi connectivity index (χ1n) is 7.16. The second-order valence-electron chi connectivity index (χ2n) is 6.29. The fourth-order valence-corrected chi connectivity index (χ4v) is 1.54. The zero-order chi connectivity index (χ0) is 14.5. The molecule has 0 aromatic carbocycles. The molecule has 0 fully saturated rings. The van der Waals surface area contributed by atoms with E-state index in [4.69, 9.17) is 0 Å². The smallest absolute Gasteiger partial charge is 0.224 e. The van der Waals surface area contributed by atoms with Crippen molar-refractivity contribution in [2.75, 3.05) is 23.7 Å². The third-order valence-corrected chi connectivity index (χ3v) is 3.46. The van der Waals surface area contributed by atoms with Crippen LogP contribution < -0.4 is 10.6 Å². The highest BCUT2D eigenvalue weighted by molar-refractivity contribution is 5.42. The minimum absolute atomic E-state index is 0.304. The van der Waals surface area contributed by atoms with Crippen molar-refractivity contribution in [3.8, 4) is 0 Å². The standard InChI is InChI=1S/C15H28N4/c1-7-8-16-14-18-12(3)9-13(19-14)17-10-11(2)15(4,5)6/h9,11H,7-8,10H2,1-6H3,(H2,16,17,18,19). The average molecular weight is 264 g/mol. The SMILES string of the molecule is CCCNc1nc(C)cc(NCC(C)C(C)(C)C)n1. The van der Waals surface area contributed by atoms with Crippen LogP contribution in [0.25, 0.3) is 0 Å². The molecule has 0 aliphatic rings. The summed E-state index contributed by atoms with van der Waals surface area (Å²) in [6, 6.07) is 1.99. The van der Waals surface area contributed by atoms with Crippen LogP contribution in [0.2, 0.25) is 0 Å². The molecule has 1 atom stereocenters. The van der Waals surface area contributed by atoms with Gasteiger partial charge >= 0.3 is 0 Å². The van der Waals surface area contributed by atoms with Crippen LogP contribution in [0.1, 0.15) is 46.7 Å². The van der Waals surface area contributed by atoms with Crippen LogP contribution >= 0.6 is 0 Å². The third-order valence-electron chi connectivity index (χ3n) is 3.46. The van der Waals surface area contributed by atoms with Crippen LogP contribution in [0.3, 0.4) is 0 Å². The number of aryl methyl sites for hydroxylation is 1. The van der Waals surface area contributed by atoms with E-state index in [9.17, 15) is 0 Å². The molecule has 0 saturated heterocycles. The van der Waals surface area contributed by atoms with Gasteiger partial charge in [-0.15, -0.1) is 0 Å². The van der Waals surface area contributed by atoms with Gasteiger partial charge in [0.2, 0.25) is 5.95 Å². The molecular weight excluding hydrogens is 236 g/mol. The van der Waals surface area contributed by atoms with Crippen LogP contribution in [-0.2, 0) is 0 Å². The van der Waals surface area contributed by atoms with Crippen molar-refractivity contribution < 1.29 is 0 Å². The van der Waals surface area contributed by atoms with Crippen LogP contribution in [0.15, 0.2) is 6.07 Å². The Morgan fingerprint density at radius 2 is 1.89 bits per heavy atom. The average Bonchev–Trinajstić information content (AvgIpc) is 2.31. The molecule has 0 amide bonds. The van der Waals surface area contributed by atoms with Crippen molar-refractivity contribution in [3.05, 3.63) is 11.8 Å². The van der Waals surface area contributed by atoms with Gasteiger partial charge in [-0.05, 0) is 24.7 Å². The maximum absolute atomic E-state index is 4.49. The summed E-state index contributed by atoms with van der Waals surface area (Å²) in [7, 11) is 0. The quantitative estimate of drug-likeness (QED) is 0.822. The van der Waals surface area contributed by atoms with Crippen LogP contribution in [0, 0.1) is 18.3 Å². The lowest BCUT2D eigenvalue weighted by Gasteiger charge is -2.27. The Morgan fingerprint density at radius 1 is 1.21 bits per heavy atom. The van der Waals surface area contributed by atoms with Gasteiger partial charge in [0.25, 0.3) is 0 Å². The Balaban J connectivity index is 2.65. The number of hydrogen-bond donors (Lipinski definition) is 2. The zero-order valence-electron chi connectivity index (χ0n) is 13.2. The fraction of sp³-hybridized carbons (Fsp3) is 0.733. The first-order valence-corrected chi connectivity index (χ1v) is 7.16. The summed E-state index contributed by atoms with van der Waals surface area (Å²) in [5.41, 5.74) is 1.29. The molecular formula is C15H28N4. The molecule has 0 aliphatic carbocycles. The third kappa shape index (κ3) is 5.45. The Hall–Kier alpha value is -1.32. The summed E-state index contributed by atoms with van der Waals surface area (Å²) >= 11 is 0. The molecule has 0 radical (unpaired) electrons. The molecule has 0 spiro atoms. The van der Waals surface area contributed by atoms with E-state index in [2.05, 4.69) is 55.2 Å². The van der Waals surface area contributed by atoms with Crippen molar-refractivity contribution in [1.29, 1.82) is 0 Å². The van der Waals surface area contributed by atoms with E-state index >= 15 is 0 Å². The molecule has 4 heteroatoms. The van der Waals surface area contributed by atoms with Gasteiger partial charge in [-0.1, -0.05) is 34.6 Å². The lowest BCUT2D eigenvalue weighted by molar-refractivity contribution is 0.274. The van der Waals surface area contributed by atoms with E-state index < -0.39 is 0 Å². The van der Waals surface area contributed by atoms with Crippen LogP contribution in [0.5, 0.6) is 0 Å². The summed E-state index contributed by atoms with van der Waals surface area (Å²) < 4.78 is 0. The Kier molecular flexibility index (Phi) is 5.58. The first-order chi connectivity index (χ1) is 8.82. The Labute approximate surface area is 117 Å². The number of aromatic nitrogens is 2. The predicted octanol–water partition coefficient (Wildman–Crippen LogP) is 3.70. The van der Waals surface area contributed by atoms with Gasteiger partial charge in [0.15, 0.2) is 0 Å². The topological polar surface area (TPSA) is 49.8 Å². The fourth-order valence-electron chi connectivity index (χ4n) is 1.54. The van der Waals surface area contributed by atoms with E-state index in [1.807, 2.05) is 13.0 Å².